The molecule has 1 heterocycles. The summed E-state index contributed by atoms with van der Waals surface area (Å²) < 4.78 is 42.1. The first-order chi connectivity index (χ1) is 21.8. The van der Waals surface area contributed by atoms with Gasteiger partial charge in [-0.2, -0.15) is 13.2 Å². The Kier molecular flexibility index (Phi) is 9.52. The molecule has 0 spiro atoms. The molecule has 4 aromatic rings. The quantitative estimate of drug-likeness (QED) is 0.195. The topological polar surface area (TPSA) is 61.7 Å². The second-order valence-corrected chi connectivity index (χ2v) is 12.8. The van der Waals surface area contributed by atoms with E-state index in [1.807, 2.05) is 37.3 Å². The lowest BCUT2D eigenvalue weighted by Crippen LogP contribution is -2.23. The van der Waals surface area contributed by atoms with Crippen molar-refractivity contribution in [2.45, 2.75) is 58.0 Å². The summed E-state index contributed by atoms with van der Waals surface area (Å²) in [7, 11) is 0. The third kappa shape index (κ3) is 7.76. The molecule has 1 aliphatic heterocycles. The Morgan fingerprint density at radius 3 is 2.11 bits per heavy atom. The number of hydrogen-bond acceptors (Lipinski definition) is 3. The fourth-order valence-electron chi connectivity index (χ4n) is 5.61. The highest BCUT2D eigenvalue weighted by Gasteiger charge is 2.32. The number of alkyl halides is 3. The molecule has 0 aliphatic carbocycles. The molecule has 238 valence electrons. The van der Waals surface area contributed by atoms with E-state index in [0.29, 0.717) is 40.8 Å². The smallest absolute Gasteiger partial charge is 0.416 e. The zero-order valence-corrected chi connectivity index (χ0v) is 26.6. The van der Waals surface area contributed by atoms with Crippen molar-refractivity contribution >= 4 is 17.2 Å². The Bertz CT molecular complexity index is 1750. The first-order valence-electron chi connectivity index (χ1n) is 15.6. The zero-order valence-electron chi connectivity index (χ0n) is 26.6. The number of nitrogens with zero attached hydrogens (tertiary/aromatic N) is 1. The number of rotatable bonds is 9. The van der Waals surface area contributed by atoms with Crippen LogP contribution in [0, 0.1) is 0 Å². The number of carbonyl (C=O) groups is 1. The predicted molar refractivity (Wildman–Crippen MR) is 179 cm³/mol. The normalized spacial score (nSPS) is 14.1. The molecule has 7 heteroatoms. The molecular formula is C39H39F3N2O2. The van der Waals surface area contributed by atoms with E-state index in [2.05, 4.69) is 50.4 Å². The van der Waals surface area contributed by atoms with Crippen molar-refractivity contribution in [2.24, 2.45) is 4.99 Å². The summed E-state index contributed by atoms with van der Waals surface area (Å²) in [4.78, 5) is 17.3. The number of phenolic OH excluding ortho intramolecular Hbond substituents is 1. The van der Waals surface area contributed by atoms with Crippen LogP contribution >= 0.6 is 0 Å². The van der Waals surface area contributed by atoms with Crippen molar-refractivity contribution < 1.29 is 23.1 Å². The summed E-state index contributed by atoms with van der Waals surface area (Å²) in [6.07, 6.45) is -1.14. The number of halogens is 3. The van der Waals surface area contributed by atoms with Crippen LogP contribution in [0.15, 0.2) is 102 Å². The second kappa shape index (κ2) is 13.4. The molecule has 0 saturated heterocycles. The molecule has 46 heavy (non-hydrogen) atoms. The van der Waals surface area contributed by atoms with E-state index in [1.54, 1.807) is 18.2 Å². The highest BCUT2D eigenvalue weighted by Crippen LogP contribution is 2.37. The van der Waals surface area contributed by atoms with Gasteiger partial charge in [0, 0.05) is 23.7 Å². The number of amides is 1. The molecular weight excluding hydrogens is 585 g/mol. The molecule has 1 aliphatic rings. The van der Waals surface area contributed by atoms with Gasteiger partial charge in [-0.3, -0.25) is 9.79 Å². The van der Waals surface area contributed by atoms with Crippen LogP contribution in [0.2, 0.25) is 0 Å². The Hall–Kier alpha value is -4.65. The van der Waals surface area contributed by atoms with Crippen molar-refractivity contribution in [1.82, 2.24) is 5.32 Å². The Balaban J connectivity index is 1.50. The summed E-state index contributed by atoms with van der Waals surface area (Å²) >= 11 is 0. The first-order valence-corrected chi connectivity index (χ1v) is 15.6. The molecule has 0 radical (unpaired) electrons. The van der Waals surface area contributed by atoms with Gasteiger partial charge in [0.2, 0.25) is 0 Å². The van der Waals surface area contributed by atoms with E-state index in [4.69, 9.17) is 4.99 Å². The minimum atomic E-state index is -4.53. The van der Waals surface area contributed by atoms with E-state index >= 15 is 0 Å². The maximum atomic E-state index is 14.0. The van der Waals surface area contributed by atoms with Gasteiger partial charge in [0.25, 0.3) is 5.91 Å². The van der Waals surface area contributed by atoms with E-state index in [-0.39, 0.29) is 29.5 Å². The van der Waals surface area contributed by atoms with Crippen LogP contribution in [0.1, 0.15) is 78.2 Å². The van der Waals surface area contributed by atoms with Gasteiger partial charge in [0.15, 0.2) is 0 Å². The van der Waals surface area contributed by atoms with Gasteiger partial charge in [0.05, 0.1) is 12.1 Å². The summed E-state index contributed by atoms with van der Waals surface area (Å²) in [6, 6.07) is 26.2. The third-order valence-corrected chi connectivity index (χ3v) is 8.31. The summed E-state index contributed by atoms with van der Waals surface area (Å²) in [6.45, 7) is 9.37. The molecule has 4 aromatic carbocycles. The predicted octanol–water partition coefficient (Wildman–Crippen LogP) is 9.38. The van der Waals surface area contributed by atoms with Gasteiger partial charge >= 0.3 is 6.18 Å². The van der Waals surface area contributed by atoms with E-state index < -0.39 is 11.7 Å². The Labute approximate surface area is 268 Å². The van der Waals surface area contributed by atoms with Crippen LogP contribution in [-0.4, -0.2) is 29.8 Å². The molecule has 1 amide bonds. The zero-order chi connectivity index (χ0) is 33.1. The number of carbonyl (C=O) groups excluding carboxylic acids is 1. The van der Waals surface area contributed by atoms with Crippen LogP contribution in [0.4, 0.5) is 13.2 Å². The average Bonchev–Trinajstić information content (AvgIpc) is 3.52. The van der Waals surface area contributed by atoms with Crippen molar-refractivity contribution in [2.75, 3.05) is 13.1 Å². The fraction of sp³-hybridized carbons (Fsp3) is 0.282. The molecule has 0 saturated carbocycles. The van der Waals surface area contributed by atoms with Crippen molar-refractivity contribution in [3.63, 3.8) is 0 Å². The third-order valence-electron chi connectivity index (χ3n) is 8.31. The van der Waals surface area contributed by atoms with Gasteiger partial charge in [-0.1, -0.05) is 76.2 Å². The molecule has 4 nitrogen and oxygen atoms in total. The molecule has 0 bridgehead atoms. The summed E-state index contributed by atoms with van der Waals surface area (Å²) in [5, 5.41) is 12.6. The van der Waals surface area contributed by atoms with Crippen LogP contribution in [0.25, 0.3) is 16.7 Å². The number of aromatic hydroxyl groups is 1. The second-order valence-electron chi connectivity index (χ2n) is 12.8. The van der Waals surface area contributed by atoms with Crippen LogP contribution in [0.3, 0.4) is 0 Å². The summed E-state index contributed by atoms with van der Waals surface area (Å²) in [5.74, 6) is -0.208. The Morgan fingerprint density at radius 2 is 1.50 bits per heavy atom. The summed E-state index contributed by atoms with van der Waals surface area (Å²) in [5.41, 5.74) is 6.08. The van der Waals surface area contributed by atoms with Crippen LogP contribution < -0.4 is 5.32 Å². The standard InChI is InChI=1S/C39H39F3N2O2/c1-5-18-43-37(46)28-8-6-25(7-9-28)19-35(27-10-14-32(15-11-27)38(2,3)4)36-23-31(24-44-36)30-20-29(21-33(22-30)39(40,41)42)26-12-16-34(45)17-13-26/h6-17,20-23,35,45H,5,18-19,24H2,1-4H3,(H,43,46). The van der Waals surface area contributed by atoms with Crippen molar-refractivity contribution in [3.05, 3.63) is 130 Å². The van der Waals surface area contributed by atoms with Crippen molar-refractivity contribution in [3.8, 4) is 16.9 Å². The lowest BCUT2D eigenvalue weighted by atomic mass is 9.83. The molecule has 0 fully saturated rings. The number of phenols is 1. The van der Waals surface area contributed by atoms with E-state index in [0.717, 1.165) is 29.3 Å². The number of allylic oxidation sites excluding steroid dienone is 1. The van der Waals surface area contributed by atoms with Gasteiger partial charge in [-0.05, 0) is 106 Å². The minimum absolute atomic E-state index is 0.0150. The first kappa shape index (κ1) is 32.7. The molecule has 5 rings (SSSR count). The highest BCUT2D eigenvalue weighted by atomic mass is 19.4. The minimum Gasteiger partial charge on any atom is -0.508 e. The lowest BCUT2D eigenvalue weighted by Gasteiger charge is -2.22. The lowest BCUT2D eigenvalue weighted by molar-refractivity contribution is -0.137. The highest BCUT2D eigenvalue weighted by molar-refractivity contribution is 6.08. The molecule has 2 N–H and O–H groups in total. The maximum Gasteiger partial charge on any atom is 0.416 e. The van der Waals surface area contributed by atoms with Gasteiger partial charge < -0.3 is 10.4 Å². The largest absolute Gasteiger partial charge is 0.508 e. The number of aliphatic imine (C=N–C) groups is 1. The van der Waals surface area contributed by atoms with Crippen molar-refractivity contribution in [1.29, 1.82) is 0 Å². The number of benzene rings is 4. The average molecular weight is 625 g/mol. The van der Waals surface area contributed by atoms with E-state index in [1.165, 1.54) is 23.8 Å². The molecule has 1 unspecified atom stereocenters. The van der Waals surface area contributed by atoms with Crippen LogP contribution in [-0.2, 0) is 18.0 Å². The van der Waals surface area contributed by atoms with Gasteiger partial charge in [-0.15, -0.1) is 0 Å². The van der Waals surface area contributed by atoms with Gasteiger partial charge in [0.1, 0.15) is 5.75 Å². The number of hydrogen-bond donors (Lipinski definition) is 2. The monoisotopic (exact) mass is 624 g/mol. The SMILES string of the molecule is CCCNC(=O)c1ccc(CC(C2=NCC(c3cc(-c4ccc(O)cc4)cc(C(F)(F)F)c3)=C2)c2ccc(C(C)(C)C)cc2)cc1. The molecule has 0 aromatic heterocycles. The van der Waals surface area contributed by atoms with Gasteiger partial charge in [-0.25, -0.2) is 0 Å². The number of nitrogens with one attached hydrogen (secondary N) is 1. The molecule has 1 atom stereocenters. The van der Waals surface area contributed by atoms with Crippen LogP contribution in [0.5, 0.6) is 5.75 Å². The Morgan fingerprint density at radius 1 is 0.848 bits per heavy atom. The van der Waals surface area contributed by atoms with E-state index in [9.17, 15) is 23.1 Å². The maximum absolute atomic E-state index is 14.0. The fourth-order valence-corrected chi connectivity index (χ4v) is 5.61.